The van der Waals surface area contributed by atoms with E-state index in [-0.39, 0.29) is 0 Å². The molecule has 0 radical (unpaired) electrons. The molecule has 1 saturated heterocycles. The number of aromatic nitrogens is 1. The molecule has 2 rings (SSSR count). The van der Waals surface area contributed by atoms with Crippen LogP contribution >= 0.6 is 0 Å². The summed E-state index contributed by atoms with van der Waals surface area (Å²) in [6.07, 6.45) is 2.62. The van der Waals surface area contributed by atoms with E-state index in [9.17, 15) is 0 Å². The van der Waals surface area contributed by atoms with Crippen LogP contribution in [0.15, 0.2) is 10.6 Å². The molecular formula is C13H23N3O2. The van der Waals surface area contributed by atoms with Gasteiger partial charge in [0.05, 0.1) is 18.3 Å². The van der Waals surface area contributed by atoms with Gasteiger partial charge in [0, 0.05) is 32.8 Å². The summed E-state index contributed by atoms with van der Waals surface area (Å²) >= 11 is 0. The van der Waals surface area contributed by atoms with Crippen LogP contribution in [-0.2, 0) is 17.8 Å². The first kappa shape index (κ1) is 13.5. The third kappa shape index (κ3) is 3.80. The molecule has 1 fully saturated rings. The van der Waals surface area contributed by atoms with Crippen LogP contribution in [0.1, 0.15) is 31.2 Å². The van der Waals surface area contributed by atoms with Gasteiger partial charge in [-0.3, -0.25) is 4.90 Å². The van der Waals surface area contributed by atoms with Crippen molar-refractivity contribution in [2.75, 3.05) is 26.7 Å². The maximum atomic E-state index is 5.35. The van der Waals surface area contributed by atoms with Crippen LogP contribution < -0.4 is 5.32 Å². The largest absolute Gasteiger partial charge is 0.380 e. The number of likely N-dealkylation sites (tertiary alicyclic amines) is 1. The van der Waals surface area contributed by atoms with Crippen molar-refractivity contribution in [1.29, 1.82) is 0 Å². The first-order valence-corrected chi connectivity index (χ1v) is 6.72. The van der Waals surface area contributed by atoms with E-state index in [4.69, 9.17) is 9.26 Å². The molecule has 1 atom stereocenters. The Morgan fingerprint density at radius 2 is 2.50 bits per heavy atom. The maximum absolute atomic E-state index is 5.35. The van der Waals surface area contributed by atoms with Gasteiger partial charge in [0.15, 0.2) is 5.76 Å². The van der Waals surface area contributed by atoms with Crippen molar-refractivity contribution in [1.82, 2.24) is 15.4 Å². The number of ether oxygens (including phenoxy) is 1. The number of nitrogens with one attached hydrogen (secondary N) is 1. The Bertz CT molecular complexity index is 354. The van der Waals surface area contributed by atoms with Crippen LogP contribution in [0.25, 0.3) is 0 Å². The fourth-order valence-corrected chi connectivity index (χ4v) is 2.26. The third-order valence-corrected chi connectivity index (χ3v) is 3.28. The highest BCUT2D eigenvalue weighted by atomic mass is 16.5. The molecule has 1 aliphatic rings. The molecule has 102 valence electrons. The zero-order valence-electron chi connectivity index (χ0n) is 11.3. The Labute approximate surface area is 108 Å². The van der Waals surface area contributed by atoms with Gasteiger partial charge >= 0.3 is 0 Å². The molecule has 5 nitrogen and oxygen atoms in total. The zero-order chi connectivity index (χ0) is 12.8. The van der Waals surface area contributed by atoms with Crippen molar-refractivity contribution in [3.05, 3.63) is 17.5 Å². The van der Waals surface area contributed by atoms with Gasteiger partial charge in [0.2, 0.25) is 0 Å². The Hall–Kier alpha value is -0.910. The lowest BCUT2D eigenvalue weighted by molar-refractivity contribution is 0.106. The lowest BCUT2D eigenvalue weighted by atomic mass is 10.3. The number of rotatable bonds is 7. The molecule has 0 aliphatic carbocycles. The van der Waals surface area contributed by atoms with E-state index < -0.39 is 0 Å². The quantitative estimate of drug-likeness (QED) is 0.744. The summed E-state index contributed by atoms with van der Waals surface area (Å²) in [6, 6.07) is 2.04. The molecule has 2 heterocycles. The number of nitrogens with zero attached hydrogens (tertiary/aromatic N) is 2. The summed E-state index contributed by atoms with van der Waals surface area (Å²) in [4.78, 5) is 2.35. The second-order valence-electron chi connectivity index (χ2n) is 4.84. The minimum Gasteiger partial charge on any atom is -0.380 e. The normalized spacial score (nSPS) is 20.7. The van der Waals surface area contributed by atoms with E-state index in [2.05, 4.69) is 22.3 Å². The Kier molecular flexibility index (Phi) is 5.16. The topological polar surface area (TPSA) is 50.5 Å². The van der Waals surface area contributed by atoms with Crippen LogP contribution in [-0.4, -0.2) is 42.9 Å². The molecule has 1 aromatic rings. The predicted octanol–water partition coefficient (Wildman–Crippen LogP) is 1.39. The molecule has 18 heavy (non-hydrogen) atoms. The second kappa shape index (κ2) is 6.87. The molecule has 1 aliphatic heterocycles. The Morgan fingerprint density at radius 1 is 1.61 bits per heavy atom. The van der Waals surface area contributed by atoms with Crippen molar-refractivity contribution in [2.24, 2.45) is 0 Å². The van der Waals surface area contributed by atoms with Gasteiger partial charge in [-0.05, 0) is 19.4 Å². The van der Waals surface area contributed by atoms with Crippen molar-refractivity contribution >= 4 is 0 Å². The summed E-state index contributed by atoms with van der Waals surface area (Å²) < 4.78 is 10.7. The summed E-state index contributed by atoms with van der Waals surface area (Å²) in [5.41, 5.74) is 0.987. The fourth-order valence-electron chi connectivity index (χ4n) is 2.26. The van der Waals surface area contributed by atoms with Crippen LogP contribution in [0.5, 0.6) is 0 Å². The summed E-state index contributed by atoms with van der Waals surface area (Å²) in [7, 11) is 1.78. The van der Waals surface area contributed by atoms with E-state index in [1.54, 1.807) is 7.11 Å². The van der Waals surface area contributed by atoms with Crippen molar-refractivity contribution in [3.8, 4) is 0 Å². The minimum atomic E-state index is 0.374. The summed E-state index contributed by atoms with van der Waals surface area (Å²) in [5, 5.41) is 7.39. The van der Waals surface area contributed by atoms with E-state index in [1.165, 1.54) is 0 Å². The maximum Gasteiger partial charge on any atom is 0.151 e. The van der Waals surface area contributed by atoms with Gasteiger partial charge in [0.25, 0.3) is 0 Å². The van der Waals surface area contributed by atoms with Crippen LogP contribution in [0, 0.1) is 0 Å². The van der Waals surface area contributed by atoms with Crippen molar-refractivity contribution in [2.45, 2.75) is 39.0 Å². The van der Waals surface area contributed by atoms with Gasteiger partial charge in [-0.2, -0.15) is 0 Å². The summed E-state index contributed by atoms with van der Waals surface area (Å²) in [6.45, 7) is 6.85. The van der Waals surface area contributed by atoms with Crippen LogP contribution in [0.4, 0.5) is 0 Å². The molecule has 5 heteroatoms. The van der Waals surface area contributed by atoms with E-state index >= 15 is 0 Å². The fraction of sp³-hybridized carbons (Fsp3) is 0.769. The first-order chi connectivity index (χ1) is 8.81. The Balaban J connectivity index is 1.76. The lowest BCUT2D eigenvalue weighted by Gasteiger charge is -2.12. The molecule has 0 amide bonds. The first-order valence-electron chi connectivity index (χ1n) is 6.72. The second-order valence-corrected chi connectivity index (χ2v) is 4.84. The lowest BCUT2D eigenvalue weighted by Crippen LogP contribution is -2.22. The minimum absolute atomic E-state index is 0.374. The molecule has 0 aromatic carbocycles. The molecule has 1 N–H and O–H groups in total. The number of methoxy groups -OCH3 is 1. The van der Waals surface area contributed by atoms with Crippen molar-refractivity contribution < 1.29 is 9.26 Å². The monoisotopic (exact) mass is 253 g/mol. The van der Waals surface area contributed by atoms with Gasteiger partial charge < -0.3 is 14.6 Å². The zero-order valence-corrected chi connectivity index (χ0v) is 11.3. The average Bonchev–Trinajstić information content (AvgIpc) is 3.00. The van der Waals surface area contributed by atoms with Crippen LogP contribution in [0.3, 0.4) is 0 Å². The number of hydrogen-bond acceptors (Lipinski definition) is 5. The smallest absolute Gasteiger partial charge is 0.151 e. The standard InChI is InChI=1S/C13H23N3O2/c1-3-5-14-8-11-7-13(18-15-11)10-16-6-4-12(9-16)17-2/h7,12,14H,3-6,8-10H2,1-2H3. The van der Waals surface area contributed by atoms with Crippen molar-refractivity contribution in [3.63, 3.8) is 0 Å². The van der Waals surface area contributed by atoms with E-state index in [0.717, 1.165) is 57.0 Å². The van der Waals surface area contributed by atoms with Gasteiger partial charge in [0.1, 0.15) is 0 Å². The summed E-state index contributed by atoms with van der Waals surface area (Å²) in [5.74, 6) is 0.944. The van der Waals surface area contributed by atoms with Gasteiger partial charge in [-0.1, -0.05) is 12.1 Å². The van der Waals surface area contributed by atoms with E-state index in [1.807, 2.05) is 6.07 Å². The van der Waals surface area contributed by atoms with Gasteiger partial charge in [-0.15, -0.1) is 0 Å². The molecule has 0 saturated carbocycles. The van der Waals surface area contributed by atoms with E-state index in [0.29, 0.717) is 6.10 Å². The third-order valence-electron chi connectivity index (χ3n) is 3.28. The van der Waals surface area contributed by atoms with Gasteiger partial charge in [-0.25, -0.2) is 0 Å². The SMILES string of the molecule is CCCNCc1cc(CN2CCC(OC)C2)on1. The Morgan fingerprint density at radius 3 is 3.22 bits per heavy atom. The molecular weight excluding hydrogens is 230 g/mol. The molecule has 0 bridgehead atoms. The molecule has 0 spiro atoms. The average molecular weight is 253 g/mol. The predicted molar refractivity (Wildman–Crippen MR) is 69.2 cm³/mol. The molecule has 1 aromatic heterocycles. The number of hydrogen-bond donors (Lipinski definition) is 1. The highest BCUT2D eigenvalue weighted by molar-refractivity contribution is 5.05. The van der Waals surface area contributed by atoms with Crippen LogP contribution in [0.2, 0.25) is 0 Å². The highest BCUT2D eigenvalue weighted by Crippen LogP contribution is 2.15. The molecule has 1 unspecified atom stereocenters. The highest BCUT2D eigenvalue weighted by Gasteiger charge is 2.22.